The van der Waals surface area contributed by atoms with Crippen LogP contribution in [0, 0.1) is 0 Å². The molecule has 2 fully saturated rings. The fraction of sp³-hybridized carbons (Fsp3) is 0.929. The molecule has 1 N–H and O–H groups in total. The van der Waals surface area contributed by atoms with Crippen LogP contribution in [0.4, 0.5) is 0 Å². The molecule has 1 atom stereocenters. The number of amides is 1. The second-order valence-electron chi connectivity index (χ2n) is 5.67. The van der Waals surface area contributed by atoms with Gasteiger partial charge in [0, 0.05) is 64.8 Å². The zero-order chi connectivity index (χ0) is 13.7. The Hall–Kier alpha value is -0.0700. The summed E-state index contributed by atoms with van der Waals surface area (Å²) in [6.45, 7) is 13.7. The Morgan fingerprint density at radius 3 is 2.29 bits per heavy atom. The first-order chi connectivity index (χ1) is 9.20. The summed E-state index contributed by atoms with van der Waals surface area (Å²) >= 11 is 0. The van der Waals surface area contributed by atoms with Crippen LogP contribution in [-0.2, 0) is 4.79 Å². The van der Waals surface area contributed by atoms with Crippen molar-refractivity contribution in [1.82, 2.24) is 20.0 Å². The molecule has 5 nitrogen and oxygen atoms in total. The predicted octanol–water partition coefficient (Wildman–Crippen LogP) is 0.678. The number of piperazine rings is 2. The number of nitrogens with one attached hydrogen (secondary N) is 1. The molecule has 1 unspecified atom stereocenters. The summed E-state index contributed by atoms with van der Waals surface area (Å²) < 4.78 is 0. The van der Waals surface area contributed by atoms with Gasteiger partial charge < -0.3 is 20.0 Å². The van der Waals surface area contributed by atoms with E-state index in [0.717, 1.165) is 58.9 Å². The van der Waals surface area contributed by atoms with Crippen LogP contribution in [-0.4, -0.2) is 85.6 Å². The normalized spacial score (nSPS) is 24.1. The summed E-state index contributed by atoms with van der Waals surface area (Å²) in [5, 5.41) is 3.33. The highest BCUT2D eigenvalue weighted by Gasteiger charge is 2.23. The van der Waals surface area contributed by atoms with Gasteiger partial charge in [0.2, 0.25) is 5.91 Å². The van der Waals surface area contributed by atoms with Gasteiger partial charge in [-0.1, -0.05) is 6.92 Å². The molecule has 0 aromatic carbocycles. The lowest BCUT2D eigenvalue weighted by Crippen LogP contribution is -2.53. The number of rotatable bonds is 4. The number of likely N-dealkylation sites (N-methyl/N-ethyl adjacent to an activating group) is 1. The Morgan fingerprint density at radius 2 is 1.71 bits per heavy atom. The van der Waals surface area contributed by atoms with E-state index in [0.29, 0.717) is 18.4 Å². The molecule has 0 aliphatic carbocycles. The SMILES string of the molecule is CCN1CCN(CCC(=O)N2CCNCC2C)CC1.Cl.Cl. The van der Waals surface area contributed by atoms with Crippen molar-refractivity contribution < 1.29 is 4.79 Å². The van der Waals surface area contributed by atoms with E-state index in [1.54, 1.807) is 0 Å². The van der Waals surface area contributed by atoms with Crippen LogP contribution in [0.25, 0.3) is 0 Å². The van der Waals surface area contributed by atoms with Gasteiger partial charge in [0.15, 0.2) is 0 Å². The smallest absolute Gasteiger partial charge is 0.224 e. The summed E-state index contributed by atoms with van der Waals surface area (Å²) in [6.07, 6.45) is 0.677. The molecule has 2 saturated heterocycles. The molecule has 21 heavy (non-hydrogen) atoms. The summed E-state index contributed by atoms with van der Waals surface area (Å²) in [6, 6.07) is 0.346. The molecular weight excluding hydrogens is 311 g/mol. The largest absolute Gasteiger partial charge is 0.337 e. The Kier molecular flexibility index (Phi) is 10.6. The van der Waals surface area contributed by atoms with Crippen molar-refractivity contribution in [3.8, 4) is 0 Å². The van der Waals surface area contributed by atoms with Crippen molar-refractivity contribution in [1.29, 1.82) is 0 Å². The van der Waals surface area contributed by atoms with Crippen LogP contribution in [0.3, 0.4) is 0 Å². The van der Waals surface area contributed by atoms with Crippen molar-refractivity contribution in [2.75, 3.05) is 58.9 Å². The van der Waals surface area contributed by atoms with Gasteiger partial charge in [-0.3, -0.25) is 4.79 Å². The molecular formula is C14H30Cl2N4O. The van der Waals surface area contributed by atoms with E-state index >= 15 is 0 Å². The summed E-state index contributed by atoms with van der Waals surface area (Å²) in [5.41, 5.74) is 0. The van der Waals surface area contributed by atoms with Gasteiger partial charge in [-0.15, -0.1) is 24.8 Å². The predicted molar refractivity (Wildman–Crippen MR) is 91.7 cm³/mol. The van der Waals surface area contributed by atoms with Crippen molar-refractivity contribution in [3.05, 3.63) is 0 Å². The Morgan fingerprint density at radius 1 is 1.10 bits per heavy atom. The molecule has 2 heterocycles. The third-order valence-corrected chi connectivity index (χ3v) is 4.38. The quantitative estimate of drug-likeness (QED) is 0.816. The third kappa shape index (κ3) is 6.28. The summed E-state index contributed by atoms with van der Waals surface area (Å²) in [4.78, 5) is 19.2. The molecule has 126 valence electrons. The lowest BCUT2D eigenvalue weighted by atomic mass is 10.2. The lowest BCUT2D eigenvalue weighted by molar-refractivity contribution is -0.134. The van der Waals surface area contributed by atoms with Gasteiger partial charge in [-0.05, 0) is 13.5 Å². The molecule has 2 rings (SSSR count). The molecule has 0 aromatic rings. The van der Waals surface area contributed by atoms with E-state index in [-0.39, 0.29) is 24.8 Å². The van der Waals surface area contributed by atoms with E-state index in [9.17, 15) is 4.79 Å². The highest BCUT2D eigenvalue weighted by atomic mass is 35.5. The highest BCUT2D eigenvalue weighted by molar-refractivity contribution is 5.85. The minimum atomic E-state index is 0. The second-order valence-corrected chi connectivity index (χ2v) is 5.67. The van der Waals surface area contributed by atoms with Gasteiger partial charge in [0.1, 0.15) is 0 Å². The van der Waals surface area contributed by atoms with E-state index in [4.69, 9.17) is 0 Å². The molecule has 0 spiro atoms. The van der Waals surface area contributed by atoms with Crippen molar-refractivity contribution >= 4 is 30.7 Å². The maximum Gasteiger partial charge on any atom is 0.224 e. The van der Waals surface area contributed by atoms with Crippen LogP contribution in [0.2, 0.25) is 0 Å². The Balaban J connectivity index is 0.00000200. The maximum absolute atomic E-state index is 12.2. The van der Waals surface area contributed by atoms with Crippen LogP contribution in [0.15, 0.2) is 0 Å². The monoisotopic (exact) mass is 340 g/mol. The number of hydrogen-bond acceptors (Lipinski definition) is 4. The standard InChI is InChI=1S/C14H28N4O.2ClH/c1-3-16-8-10-17(11-9-16)6-4-14(19)18-7-5-15-12-13(18)2;;/h13,15H,3-12H2,1-2H3;2*1H. The fourth-order valence-electron chi connectivity index (χ4n) is 2.94. The molecule has 0 bridgehead atoms. The summed E-state index contributed by atoms with van der Waals surface area (Å²) in [5.74, 6) is 0.326. The zero-order valence-corrected chi connectivity index (χ0v) is 14.8. The molecule has 2 aliphatic heterocycles. The van der Waals surface area contributed by atoms with Crippen molar-refractivity contribution in [3.63, 3.8) is 0 Å². The van der Waals surface area contributed by atoms with Crippen LogP contribution >= 0.6 is 24.8 Å². The third-order valence-electron chi connectivity index (χ3n) is 4.38. The number of carbonyl (C=O) groups excluding carboxylic acids is 1. The Labute approximate surface area is 141 Å². The molecule has 2 aliphatic rings. The van der Waals surface area contributed by atoms with E-state index in [2.05, 4.69) is 29.0 Å². The van der Waals surface area contributed by atoms with Crippen LogP contribution < -0.4 is 5.32 Å². The van der Waals surface area contributed by atoms with E-state index in [1.807, 2.05) is 4.90 Å². The minimum absolute atomic E-state index is 0. The highest BCUT2D eigenvalue weighted by Crippen LogP contribution is 2.07. The van der Waals surface area contributed by atoms with Gasteiger partial charge >= 0.3 is 0 Å². The molecule has 1 amide bonds. The fourth-order valence-corrected chi connectivity index (χ4v) is 2.94. The van der Waals surface area contributed by atoms with E-state index in [1.165, 1.54) is 0 Å². The van der Waals surface area contributed by atoms with E-state index < -0.39 is 0 Å². The summed E-state index contributed by atoms with van der Waals surface area (Å²) in [7, 11) is 0. The first-order valence-corrected chi connectivity index (χ1v) is 7.65. The van der Waals surface area contributed by atoms with Crippen LogP contribution in [0.5, 0.6) is 0 Å². The Bertz CT molecular complexity index is 299. The lowest BCUT2D eigenvalue weighted by Gasteiger charge is -2.36. The zero-order valence-electron chi connectivity index (χ0n) is 13.2. The molecule has 0 radical (unpaired) electrons. The molecule has 0 saturated carbocycles. The molecule has 7 heteroatoms. The van der Waals surface area contributed by atoms with Gasteiger partial charge in [0.05, 0.1) is 0 Å². The average Bonchev–Trinajstić information content (AvgIpc) is 2.46. The average molecular weight is 341 g/mol. The van der Waals surface area contributed by atoms with Crippen LogP contribution in [0.1, 0.15) is 20.3 Å². The van der Waals surface area contributed by atoms with Crippen molar-refractivity contribution in [2.45, 2.75) is 26.3 Å². The van der Waals surface area contributed by atoms with Gasteiger partial charge in [0.25, 0.3) is 0 Å². The first kappa shape index (κ1) is 20.9. The van der Waals surface area contributed by atoms with Gasteiger partial charge in [-0.25, -0.2) is 0 Å². The maximum atomic E-state index is 12.2. The number of carbonyl (C=O) groups is 1. The topological polar surface area (TPSA) is 38.8 Å². The van der Waals surface area contributed by atoms with Gasteiger partial charge in [-0.2, -0.15) is 0 Å². The first-order valence-electron chi connectivity index (χ1n) is 7.65. The van der Waals surface area contributed by atoms with Crippen molar-refractivity contribution in [2.24, 2.45) is 0 Å². The number of hydrogen-bond donors (Lipinski definition) is 1. The minimum Gasteiger partial charge on any atom is -0.337 e. The number of halogens is 2. The molecule has 0 aromatic heterocycles. The number of nitrogens with zero attached hydrogens (tertiary/aromatic N) is 3. The second kappa shape index (κ2) is 10.6.